The molecule has 0 bridgehead atoms. The minimum absolute atomic E-state index is 0.0820. The third kappa shape index (κ3) is 1.65. The number of rotatable bonds is 2. The molecule has 1 aliphatic heterocycles. The molecule has 3 aliphatic rings. The van der Waals surface area contributed by atoms with Crippen LogP contribution in [0.1, 0.15) is 38.5 Å². The summed E-state index contributed by atoms with van der Waals surface area (Å²) < 4.78 is 0. The highest BCUT2D eigenvalue weighted by Gasteiger charge is 2.50. The van der Waals surface area contributed by atoms with Crippen molar-refractivity contribution in [2.24, 2.45) is 28.9 Å². The molecule has 3 N–H and O–H groups in total. The minimum atomic E-state index is -0.0820. The molecule has 1 heterocycles. The lowest BCUT2D eigenvalue weighted by Gasteiger charge is -2.41. The van der Waals surface area contributed by atoms with Gasteiger partial charge >= 0.3 is 0 Å². The zero-order chi connectivity index (χ0) is 11.2. The zero-order valence-electron chi connectivity index (χ0n) is 9.87. The maximum atomic E-state index is 11.5. The number of hydrogen-bond donors (Lipinski definition) is 2. The molecule has 3 rings (SSSR count). The second kappa shape index (κ2) is 3.73. The largest absolute Gasteiger partial charge is 0.369 e. The normalized spacial score (nSPS) is 43.8. The van der Waals surface area contributed by atoms with Gasteiger partial charge in [-0.1, -0.05) is 12.8 Å². The highest BCUT2D eigenvalue weighted by Crippen LogP contribution is 2.53. The van der Waals surface area contributed by atoms with E-state index in [1.807, 2.05) is 0 Å². The summed E-state index contributed by atoms with van der Waals surface area (Å²) in [5, 5.41) is 3.39. The second-order valence-electron chi connectivity index (χ2n) is 6.14. The summed E-state index contributed by atoms with van der Waals surface area (Å²) in [6.45, 7) is 1.83. The third-order valence-electron chi connectivity index (χ3n) is 5.12. The number of primary amides is 1. The average Bonchev–Trinajstić information content (AvgIpc) is 3.03. The van der Waals surface area contributed by atoms with E-state index < -0.39 is 0 Å². The molecule has 1 amide bonds. The smallest absolute Gasteiger partial charge is 0.222 e. The van der Waals surface area contributed by atoms with Gasteiger partial charge in [0.15, 0.2) is 0 Å². The fraction of sp³-hybridized carbons (Fsp3) is 0.923. The molecule has 16 heavy (non-hydrogen) atoms. The zero-order valence-corrected chi connectivity index (χ0v) is 9.87. The molecular formula is C13H22N2O. The minimum Gasteiger partial charge on any atom is -0.369 e. The summed E-state index contributed by atoms with van der Waals surface area (Å²) in [6.07, 6.45) is 7.99. The van der Waals surface area contributed by atoms with E-state index in [0.29, 0.717) is 0 Å². The van der Waals surface area contributed by atoms with Crippen LogP contribution in [0.5, 0.6) is 0 Å². The van der Waals surface area contributed by atoms with Crippen LogP contribution in [0.25, 0.3) is 0 Å². The van der Waals surface area contributed by atoms with Gasteiger partial charge in [-0.05, 0) is 42.9 Å². The molecule has 0 aromatic rings. The predicted octanol–water partition coefficient (Wildman–Crippen LogP) is 1.28. The summed E-state index contributed by atoms with van der Waals surface area (Å²) in [5.74, 6) is 1.87. The molecule has 3 atom stereocenters. The van der Waals surface area contributed by atoms with Crippen LogP contribution >= 0.6 is 0 Å². The highest BCUT2D eigenvalue weighted by atomic mass is 16.1. The van der Waals surface area contributed by atoms with Crippen LogP contribution in [-0.2, 0) is 4.79 Å². The Bertz CT molecular complexity index is 300. The van der Waals surface area contributed by atoms with Crippen LogP contribution in [0.3, 0.4) is 0 Å². The van der Waals surface area contributed by atoms with Gasteiger partial charge in [-0.2, -0.15) is 0 Å². The lowest BCUT2D eigenvalue weighted by Crippen LogP contribution is -2.42. The molecule has 0 aromatic carbocycles. The first-order chi connectivity index (χ1) is 7.71. The number of nitrogens with one attached hydrogen (secondary N) is 1. The van der Waals surface area contributed by atoms with E-state index in [9.17, 15) is 4.79 Å². The van der Waals surface area contributed by atoms with Crippen LogP contribution in [0.2, 0.25) is 0 Å². The molecule has 3 unspecified atom stereocenters. The summed E-state index contributed by atoms with van der Waals surface area (Å²) in [4.78, 5) is 11.5. The van der Waals surface area contributed by atoms with Crippen molar-refractivity contribution in [2.75, 3.05) is 13.1 Å². The SMILES string of the molecule is NC(=O)C1CNCC12CCCC(C1CC1)C2. The number of nitrogens with two attached hydrogens (primary N) is 1. The first-order valence-corrected chi connectivity index (χ1v) is 6.71. The number of carbonyl (C=O) groups excluding carboxylic acids is 1. The second-order valence-corrected chi connectivity index (χ2v) is 6.14. The van der Waals surface area contributed by atoms with E-state index in [2.05, 4.69) is 5.32 Å². The maximum Gasteiger partial charge on any atom is 0.222 e. The number of hydrogen-bond acceptors (Lipinski definition) is 2. The topological polar surface area (TPSA) is 55.1 Å². The molecule has 0 radical (unpaired) electrons. The Balaban J connectivity index is 1.77. The fourth-order valence-electron chi connectivity index (χ4n) is 4.10. The lowest BCUT2D eigenvalue weighted by molar-refractivity contribution is -0.125. The molecule has 1 spiro atoms. The van der Waals surface area contributed by atoms with Crippen LogP contribution in [0.15, 0.2) is 0 Å². The standard InChI is InChI=1S/C13H22N2O/c14-12(16)11-7-15-8-13(11)5-1-2-10(6-13)9-3-4-9/h9-11,15H,1-8H2,(H2,14,16). The van der Waals surface area contributed by atoms with Crippen LogP contribution < -0.4 is 11.1 Å². The van der Waals surface area contributed by atoms with Crippen molar-refractivity contribution < 1.29 is 4.79 Å². The van der Waals surface area contributed by atoms with Gasteiger partial charge in [-0.15, -0.1) is 0 Å². The van der Waals surface area contributed by atoms with Crippen molar-refractivity contribution in [2.45, 2.75) is 38.5 Å². The van der Waals surface area contributed by atoms with Gasteiger partial charge in [0.25, 0.3) is 0 Å². The average molecular weight is 222 g/mol. The Kier molecular flexibility index (Phi) is 2.46. The fourth-order valence-corrected chi connectivity index (χ4v) is 4.10. The van der Waals surface area contributed by atoms with Crippen LogP contribution in [-0.4, -0.2) is 19.0 Å². The van der Waals surface area contributed by atoms with Gasteiger partial charge in [0.2, 0.25) is 5.91 Å². The van der Waals surface area contributed by atoms with Crippen molar-refractivity contribution in [3.8, 4) is 0 Å². The Labute approximate surface area is 97.2 Å². The molecule has 1 saturated heterocycles. The number of amides is 1. The Hall–Kier alpha value is -0.570. The maximum absolute atomic E-state index is 11.5. The first kappa shape index (κ1) is 10.6. The quantitative estimate of drug-likeness (QED) is 0.739. The van der Waals surface area contributed by atoms with Gasteiger partial charge in [-0.25, -0.2) is 0 Å². The molecule has 3 nitrogen and oxygen atoms in total. The summed E-state index contributed by atoms with van der Waals surface area (Å²) in [5.41, 5.74) is 5.78. The molecule has 3 heteroatoms. The van der Waals surface area contributed by atoms with Crippen molar-refractivity contribution in [1.29, 1.82) is 0 Å². The number of carbonyl (C=O) groups is 1. The van der Waals surface area contributed by atoms with Crippen molar-refractivity contribution in [3.05, 3.63) is 0 Å². The highest BCUT2D eigenvalue weighted by molar-refractivity contribution is 5.78. The Morgan fingerprint density at radius 2 is 2.06 bits per heavy atom. The van der Waals surface area contributed by atoms with E-state index in [0.717, 1.165) is 24.9 Å². The monoisotopic (exact) mass is 222 g/mol. The molecular weight excluding hydrogens is 200 g/mol. The third-order valence-corrected chi connectivity index (χ3v) is 5.12. The van der Waals surface area contributed by atoms with Gasteiger partial charge < -0.3 is 11.1 Å². The van der Waals surface area contributed by atoms with Crippen molar-refractivity contribution in [3.63, 3.8) is 0 Å². The summed E-state index contributed by atoms with van der Waals surface area (Å²) >= 11 is 0. The molecule has 3 fully saturated rings. The predicted molar refractivity (Wildman–Crippen MR) is 62.7 cm³/mol. The summed E-state index contributed by atoms with van der Waals surface area (Å²) in [7, 11) is 0. The molecule has 2 saturated carbocycles. The van der Waals surface area contributed by atoms with E-state index in [-0.39, 0.29) is 17.2 Å². The van der Waals surface area contributed by atoms with Crippen LogP contribution in [0.4, 0.5) is 0 Å². The molecule has 2 aliphatic carbocycles. The van der Waals surface area contributed by atoms with Gasteiger partial charge in [0.1, 0.15) is 0 Å². The van der Waals surface area contributed by atoms with Crippen molar-refractivity contribution in [1.82, 2.24) is 5.32 Å². The van der Waals surface area contributed by atoms with Crippen molar-refractivity contribution >= 4 is 5.91 Å². The Morgan fingerprint density at radius 1 is 1.25 bits per heavy atom. The first-order valence-electron chi connectivity index (χ1n) is 6.71. The van der Waals surface area contributed by atoms with Crippen LogP contribution in [0, 0.1) is 23.2 Å². The Morgan fingerprint density at radius 3 is 2.75 bits per heavy atom. The van der Waals surface area contributed by atoms with E-state index in [1.54, 1.807) is 0 Å². The van der Waals surface area contributed by atoms with Gasteiger partial charge in [0.05, 0.1) is 5.92 Å². The summed E-state index contributed by atoms with van der Waals surface area (Å²) in [6, 6.07) is 0. The van der Waals surface area contributed by atoms with E-state index in [1.165, 1.54) is 38.5 Å². The van der Waals surface area contributed by atoms with Gasteiger partial charge in [-0.3, -0.25) is 4.79 Å². The van der Waals surface area contributed by atoms with Gasteiger partial charge in [0, 0.05) is 13.1 Å². The molecule has 0 aromatic heterocycles. The van der Waals surface area contributed by atoms with E-state index >= 15 is 0 Å². The van der Waals surface area contributed by atoms with E-state index in [4.69, 9.17) is 5.73 Å². The lowest BCUT2D eigenvalue weighted by atomic mass is 9.63. The molecule has 90 valence electrons.